The monoisotopic (exact) mass is 381 g/mol. The topological polar surface area (TPSA) is 73.9 Å². The van der Waals surface area contributed by atoms with Crippen LogP contribution in [-0.4, -0.2) is 31.7 Å². The number of rotatable bonds is 4. The highest BCUT2D eigenvalue weighted by atomic mass is 19.4. The highest BCUT2D eigenvalue weighted by Gasteiger charge is 2.35. The summed E-state index contributed by atoms with van der Waals surface area (Å²) in [6, 6.07) is 8.90. The maximum atomic E-state index is 12.9. The van der Waals surface area contributed by atoms with Gasteiger partial charge in [-0.2, -0.15) is 13.2 Å². The van der Waals surface area contributed by atoms with Crippen LogP contribution < -0.4 is 14.8 Å². The summed E-state index contributed by atoms with van der Waals surface area (Å²) in [5, 5.41) is 2.47. The Morgan fingerprint density at radius 1 is 1.04 bits per heavy atom. The molecule has 0 bridgehead atoms. The number of benzene rings is 2. The normalized spacial score (nSPS) is 13.0. The van der Waals surface area contributed by atoms with Crippen molar-refractivity contribution in [2.45, 2.75) is 6.18 Å². The molecular weight excluding hydrogens is 367 g/mol. The molecule has 1 amide bonds. The number of nitrogens with one attached hydrogen (secondary N) is 1. The highest BCUT2D eigenvalue weighted by molar-refractivity contribution is 5.96. The first-order valence-corrected chi connectivity index (χ1v) is 7.87. The van der Waals surface area contributed by atoms with Gasteiger partial charge in [0.05, 0.1) is 11.1 Å². The Balaban J connectivity index is 1.61. The Kier molecular flexibility index (Phi) is 5.20. The minimum atomic E-state index is -4.71. The fraction of sp³-hybridized carbons (Fsp3) is 0.222. The lowest BCUT2D eigenvalue weighted by atomic mass is 10.1. The first-order chi connectivity index (χ1) is 12.8. The van der Waals surface area contributed by atoms with E-state index < -0.39 is 35.8 Å². The molecule has 1 N–H and O–H groups in total. The highest BCUT2D eigenvalue weighted by Crippen LogP contribution is 2.33. The Bertz CT molecular complexity index is 866. The lowest BCUT2D eigenvalue weighted by Crippen LogP contribution is -2.22. The summed E-state index contributed by atoms with van der Waals surface area (Å²) in [7, 11) is 0. The van der Waals surface area contributed by atoms with Crippen LogP contribution in [0.1, 0.15) is 15.9 Å². The van der Waals surface area contributed by atoms with E-state index in [9.17, 15) is 22.8 Å². The van der Waals surface area contributed by atoms with Crippen molar-refractivity contribution in [3.05, 3.63) is 53.6 Å². The molecule has 9 heteroatoms. The second-order valence-corrected chi connectivity index (χ2v) is 5.53. The molecule has 3 rings (SSSR count). The van der Waals surface area contributed by atoms with Gasteiger partial charge in [0.25, 0.3) is 5.91 Å². The van der Waals surface area contributed by atoms with E-state index in [1.54, 1.807) is 12.1 Å². The van der Waals surface area contributed by atoms with E-state index in [0.29, 0.717) is 30.4 Å². The molecule has 0 saturated carbocycles. The summed E-state index contributed by atoms with van der Waals surface area (Å²) in [5.41, 5.74) is -1.41. The first-order valence-electron chi connectivity index (χ1n) is 7.87. The van der Waals surface area contributed by atoms with Crippen molar-refractivity contribution in [1.29, 1.82) is 0 Å². The van der Waals surface area contributed by atoms with E-state index in [0.717, 1.165) is 18.2 Å². The second-order valence-electron chi connectivity index (χ2n) is 5.53. The number of esters is 1. The number of alkyl halides is 3. The molecule has 0 aromatic heterocycles. The van der Waals surface area contributed by atoms with E-state index in [4.69, 9.17) is 14.2 Å². The van der Waals surface area contributed by atoms with Gasteiger partial charge in [0.15, 0.2) is 18.1 Å². The van der Waals surface area contributed by atoms with Crippen LogP contribution in [-0.2, 0) is 15.7 Å². The molecule has 142 valence electrons. The molecule has 2 aromatic carbocycles. The zero-order chi connectivity index (χ0) is 19.4. The van der Waals surface area contributed by atoms with E-state index in [1.165, 1.54) is 12.1 Å². The molecule has 27 heavy (non-hydrogen) atoms. The molecule has 1 heterocycles. The minimum absolute atomic E-state index is 0.371. The molecule has 0 spiro atoms. The fourth-order valence-corrected chi connectivity index (χ4v) is 2.44. The number of hydrogen-bond acceptors (Lipinski definition) is 5. The van der Waals surface area contributed by atoms with Gasteiger partial charge in [0.1, 0.15) is 13.2 Å². The largest absolute Gasteiger partial charge is 0.486 e. The summed E-state index contributed by atoms with van der Waals surface area (Å²) in [5.74, 6) is -0.950. The Morgan fingerprint density at radius 3 is 2.48 bits per heavy atom. The number of amides is 1. The van der Waals surface area contributed by atoms with Crippen LogP contribution in [0.3, 0.4) is 0 Å². The van der Waals surface area contributed by atoms with Crippen LogP contribution in [0.4, 0.5) is 18.9 Å². The summed E-state index contributed by atoms with van der Waals surface area (Å²) in [6.07, 6.45) is -4.71. The van der Waals surface area contributed by atoms with Crippen molar-refractivity contribution in [2.75, 3.05) is 25.1 Å². The Morgan fingerprint density at radius 2 is 1.74 bits per heavy atom. The number of carbonyl (C=O) groups excluding carboxylic acids is 2. The van der Waals surface area contributed by atoms with Gasteiger partial charge in [-0.1, -0.05) is 12.1 Å². The third-order valence-corrected chi connectivity index (χ3v) is 3.61. The lowest BCUT2D eigenvalue weighted by molar-refractivity contribution is -0.138. The lowest BCUT2D eigenvalue weighted by Gasteiger charge is -2.19. The average Bonchev–Trinajstić information content (AvgIpc) is 2.65. The van der Waals surface area contributed by atoms with Gasteiger partial charge in [0.2, 0.25) is 0 Å². The van der Waals surface area contributed by atoms with Crippen LogP contribution in [0.15, 0.2) is 42.5 Å². The quantitative estimate of drug-likeness (QED) is 0.823. The van der Waals surface area contributed by atoms with Crippen LogP contribution in [0, 0.1) is 0 Å². The van der Waals surface area contributed by atoms with E-state index in [-0.39, 0.29) is 0 Å². The predicted octanol–water partition coefficient (Wildman–Crippen LogP) is 3.27. The smallest absolute Gasteiger partial charge is 0.417 e. The number of anilines is 1. The number of carbonyl (C=O) groups is 2. The average molecular weight is 381 g/mol. The van der Waals surface area contributed by atoms with Crippen molar-refractivity contribution in [1.82, 2.24) is 0 Å². The molecule has 0 radical (unpaired) electrons. The van der Waals surface area contributed by atoms with Gasteiger partial charge >= 0.3 is 12.1 Å². The van der Waals surface area contributed by atoms with Crippen LogP contribution in [0.5, 0.6) is 11.5 Å². The minimum Gasteiger partial charge on any atom is -0.486 e. The molecule has 1 aliphatic heterocycles. The number of fused-ring (bicyclic) bond motifs is 1. The number of ether oxygens (including phenoxy) is 3. The maximum Gasteiger partial charge on any atom is 0.417 e. The van der Waals surface area contributed by atoms with Gasteiger partial charge in [-0.15, -0.1) is 0 Å². The van der Waals surface area contributed by atoms with Gasteiger partial charge in [-0.3, -0.25) is 4.79 Å². The van der Waals surface area contributed by atoms with Crippen LogP contribution in [0.2, 0.25) is 0 Å². The van der Waals surface area contributed by atoms with Crippen LogP contribution >= 0.6 is 0 Å². The molecule has 0 fully saturated rings. The molecule has 6 nitrogen and oxygen atoms in total. The zero-order valence-electron chi connectivity index (χ0n) is 13.8. The van der Waals surface area contributed by atoms with Gasteiger partial charge in [-0.25, -0.2) is 4.79 Å². The van der Waals surface area contributed by atoms with Crippen LogP contribution in [0.25, 0.3) is 0 Å². The van der Waals surface area contributed by atoms with Gasteiger partial charge in [0, 0.05) is 11.8 Å². The van der Waals surface area contributed by atoms with Crippen molar-refractivity contribution in [3.8, 4) is 11.5 Å². The summed E-state index contributed by atoms with van der Waals surface area (Å²) >= 11 is 0. The fourth-order valence-electron chi connectivity index (χ4n) is 2.44. The summed E-state index contributed by atoms with van der Waals surface area (Å²) in [4.78, 5) is 23.8. The first kappa shape index (κ1) is 18.6. The van der Waals surface area contributed by atoms with Crippen molar-refractivity contribution < 1.29 is 37.0 Å². The van der Waals surface area contributed by atoms with Crippen molar-refractivity contribution >= 4 is 17.6 Å². The molecule has 0 atom stereocenters. The van der Waals surface area contributed by atoms with Gasteiger partial charge in [-0.05, 0) is 24.3 Å². The predicted molar refractivity (Wildman–Crippen MR) is 87.8 cm³/mol. The molecular formula is C18H14F3NO5. The Labute approximate surface area is 151 Å². The van der Waals surface area contributed by atoms with Gasteiger partial charge < -0.3 is 19.5 Å². The molecule has 2 aromatic rings. The number of hydrogen-bond donors (Lipinski definition) is 1. The molecule has 0 unspecified atom stereocenters. The summed E-state index contributed by atoms with van der Waals surface area (Å²) in [6.45, 7) is 0.0636. The Hall–Kier alpha value is -3.23. The summed E-state index contributed by atoms with van der Waals surface area (Å²) < 4.78 is 54.2. The third-order valence-electron chi connectivity index (χ3n) is 3.61. The van der Waals surface area contributed by atoms with E-state index >= 15 is 0 Å². The van der Waals surface area contributed by atoms with Crippen molar-refractivity contribution in [2.24, 2.45) is 0 Å². The second kappa shape index (κ2) is 7.56. The van der Waals surface area contributed by atoms with E-state index in [1.807, 2.05) is 0 Å². The van der Waals surface area contributed by atoms with Crippen molar-refractivity contribution in [3.63, 3.8) is 0 Å². The SMILES string of the molecule is O=C(COC(=O)c1ccccc1C(F)(F)F)Nc1ccc2c(c1)OCCO2. The maximum absolute atomic E-state index is 12.9. The standard InChI is InChI=1S/C18H14F3NO5/c19-18(20,21)13-4-2-1-3-12(13)17(24)27-10-16(23)22-11-5-6-14-15(9-11)26-8-7-25-14/h1-6,9H,7-8,10H2,(H,22,23). The third kappa shape index (κ3) is 4.49. The molecule has 0 aliphatic carbocycles. The number of halogens is 3. The van der Waals surface area contributed by atoms with E-state index in [2.05, 4.69) is 5.32 Å². The zero-order valence-corrected chi connectivity index (χ0v) is 13.8. The molecule has 0 saturated heterocycles. The molecule has 1 aliphatic rings.